The quantitative estimate of drug-likeness (QED) is 0.690. The Morgan fingerprint density at radius 1 is 1.20 bits per heavy atom. The molecule has 3 rings (SSSR count). The van der Waals surface area contributed by atoms with Gasteiger partial charge in [0.05, 0.1) is 5.69 Å². The Morgan fingerprint density at radius 3 is 2.95 bits per heavy atom. The van der Waals surface area contributed by atoms with Crippen molar-refractivity contribution in [2.45, 2.75) is 25.8 Å². The summed E-state index contributed by atoms with van der Waals surface area (Å²) in [6.45, 7) is 1.22. The highest BCUT2D eigenvalue weighted by Crippen LogP contribution is 2.15. The van der Waals surface area contributed by atoms with Gasteiger partial charge < -0.3 is 10.2 Å². The number of hydrogen-bond acceptors (Lipinski definition) is 5. The van der Waals surface area contributed by atoms with Crippen molar-refractivity contribution in [2.75, 3.05) is 6.54 Å². The molecule has 2 aromatic heterocycles. The summed E-state index contributed by atoms with van der Waals surface area (Å²) < 4.78 is 7.42. The summed E-state index contributed by atoms with van der Waals surface area (Å²) in [5.41, 5.74) is 8.12. The molecule has 2 heterocycles. The SMILES string of the molecule is NCCCCc1cn(Cc2nc3ccccc3o2)nn1. The van der Waals surface area contributed by atoms with Crippen molar-refractivity contribution >= 4 is 11.1 Å². The van der Waals surface area contributed by atoms with Crippen LogP contribution in [0.2, 0.25) is 0 Å². The van der Waals surface area contributed by atoms with Crippen molar-refractivity contribution in [3.63, 3.8) is 0 Å². The van der Waals surface area contributed by atoms with Crippen molar-refractivity contribution in [1.82, 2.24) is 20.0 Å². The number of hydrogen-bond donors (Lipinski definition) is 1. The van der Waals surface area contributed by atoms with Gasteiger partial charge in [-0.2, -0.15) is 0 Å². The van der Waals surface area contributed by atoms with E-state index in [1.165, 1.54) is 0 Å². The third-order valence-corrected chi connectivity index (χ3v) is 3.11. The molecule has 1 aromatic carbocycles. The third kappa shape index (κ3) is 2.85. The normalized spacial score (nSPS) is 11.2. The van der Waals surface area contributed by atoms with E-state index in [0.717, 1.165) is 42.6 Å². The van der Waals surface area contributed by atoms with Gasteiger partial charge in [0.25, 0.3) is 0 Å². The van der Waals surface area contributed by atoms with Crippen molar-refractivity contribution in [2.24, 2.45) is 5.73 Å². The van der Waals surface area contributed by atoms with Crippen LogP contribution in [0.4, 0.5) is 0 Å². The van der Waals surface area contributed by atoms with E-state index in [9.17, 15) is 0 Å². The second-order valence-electron chi connectivity index (χ2n) is 4.73. The van der Waals surface area contributed by atoms with Crippen LogP contribution in [0.25, 0.3) is 11.1 Å². The van der Waals surface area contributed by atoms with Gasteiger partial charge in [-0.15, -0.1) is 5.10 Å². The maximum Gasteiger partial charge on any atom is 0.217 e. The van der Waals surface area contributed by atoms with Crippen molar-refractivity contribution in [3.8, 4) is 0 Å². The standard InChI is InChI=1S/C14H17N5O/c15-8-4-3-5-11-9-19(18-17-11)10-14-16-12-6-1-2-7-13(12)20-14/h1-2,6-7,9H,3-5,8,10,15H2. The van der Waals surface area contributed by atoms with Crippen LogP contribution in [0.1, 0.15) is 24.4 Å². The van der Waals surface area contributed by atoms with Gasteiger partial charge in [0, 0.05) is 6.20 Å². The van der Waals surface area contributed by atoms with E-state index in [1.807, 2.05) is 30.5 Å². The maximum absolute atomic E-state index is 5.66. The monoisotopic (exact) mass is 271 g/mol. The number of rotatable bonds is 6. The number of oxazole rings is 1. The second kappa shape index (κ2) is 5.83. The molecule has 0 spiro atoms. The molecule has 104 valence electrons. The first kappa shape index (κ1) is 12.8. The molecule has 0 fully saturated rings. The predicted octanol–water partition coefficient (Wildman–Crippen LogP) is 1.75. The van der Waals surface area contributed by atoms with Gasteiger partial charge in [-0.3, -0.25) is 0 Å². The summed E-state index contributed by atoms with van der Waals surface area (Å²) in [6, 6.07) is 7.72. The highest BCUT2D eigenvalue weighted by molar-refractivity contribution is 5.72. The first-order valence-corrected chi connectivity index (χ1v) is 6.78. The lowest BCUT2D eigenvalue weighted by Gasteiger charge is -1.94. The van der Waals surface area contributed by atoms with Crippen molar-refractivity contribution < 1.29 is 4.42 Å². The number of nitrogens with two attached hydrogens (primary N) is 1. The van der Waals surface area contributed by atoms with Crippen LogP contribution >= 0.6 is 0 Å². The van der Waals surface area contributed by atoms with Gasteiger partial charge in [-0.25, -0.2) is 9.67 Å². The summed E-state index contributed by atoms with van der Waals surface area (Å²) in [6.07, 6.45) is 4.90. The molecule has 0 unspecified atom stereocenters. The molecule has 0 saturated heterocycles. The minimum absolute atomic E-state index is 0.499. The molecule has 0 aliphatic heterocycles. The molecular formula is C14H17N5O. The molecule has 0 radical (unpaired) electrons. The van der Waals surface area contributed by atoms with Crippen LogP contribution < -0.4 is 5.73 Å². The van der Waals surface area contributed by atoms with E-state index in [-0.39, 0.29) is 0 Å². The summed E-state index contributed by atoms with van der Waals surface area (Å²) in [4.78, 5) is 4.42. The molecule has 0 atom stereocenters. The van der Waals surface area contributed by atoms with Crippen LogP contribution in [-0.2, 0) is 13.0 Å². The van der Waals surface area contributed by atoms with E-state index >= 15 is 0 Å². The zero-order chi connectivity index (χ0) is 13.8. The maximum atomic E-state index is 5.66. The second-order valence-corrected chi connectivity index (χ2v) is 4.73. The molecule has 0 aliphatic carbocycles. The molecule has 0 saturated carbocycles. The lowest BCUT2D eigenvalue weighted by Crippen LogP contribution is -2.00. The van der Waals surface area contributed by atoms with Gasteiger partial charge in [-0.05, 0) is 37.9 Å². The van der Waals surface area contributed by atoms with E-state index < -0.39 is 0 Å². The fourth-order valence-electron chi connectivity index (χ4n) is 2.11. The van der Waals surface area contributed by atoms with E-state index in [1.54, 1.807) is 4.68 Å². The summed E-state index contributed by atoms with van der Waals surface area (Å²) >= 11 is 0. The molecular weight excluding hydrogens is 254 g/mol. The topological polar surface area (TPSA) is 82.8 Å². The average molecular weight is 271 g/mol. The molecule has 2 N–H and O–H groups in total. The minimum Gasteiger partial charge on any atom is -0.439 e. The number of fused-ring (bicyclic) bond motifs is 1. The lowest BCUT2D eigenvalue weighted by molar-refractivity contribution is 0.485. The number of para-hydroxylation sites is 2. The molecule has 20 heavy (non-hydrogen) atoms. The van der Waals surface area contributed by atoms with E-state index in [0.29, 0.717) is 12.4 Å². The van der Waals surface area contributed by atoms with Crippen LogP contribution in [0.15, 0.2) is 34.9 Å². The predicted molar refractivity (Wildman–Crippen MR) is 75.1 cm³/mol. The molecule has 0 amide bonds. The lowest BCUT2D eigenvalue weighted by atomic mass is 10.2. The van der Waals surface area contributed by atoms with Crippen molar-refractivity contribution in [1.29, 1.82) is 0 Å². The summed E-state index contributed by atoms with van der Waals surface area (Å²) in [5, 5.41) is 8.24. The average Bonchev–Trinajstić information content (AvgIpc) is 3.05. The number of aromatic nitrogens is 4. The summed E-state index contributed by atoms with van der Waals surface area (Å²) in [5.74, 6) is 0.643. The number of unbranched alkanes of at least 4 members (excludes halogenated alkanes) is 1. The smallest absolute Gasteiger partial charge is 0.217 e. The van der Waals surface area contributed by atoms with Crippen LogP contribution in [0.3, 0.4) is 0 Å². The number of benzene rings is 1. The fourth-order valence-corrected chi connectivity index (χ4v) is 2.11. The Morgan fingerprint density at radius 2 is 2.10 bits per heavy atom. The molecule has 6 heteroatoms. The Hall–Kier alpha value is -2.21. The minimum atomic E-state index is 0.499. The third-order valence-electron chi connectivity index (χ3n) is 3.11. The van der Waals surface area contributed by atoms with E-state index in [2.05, 4.69) is 15.3 Å². The Labute approximate surface area is 116 Å². The van der Waals surface area contributed by atoms with Crippen molar-refractivity contribution in [3.05, 3.63) is 42.0 Å². The largest absolute Gasteiger partial charge is 0.439 e. The molecule has 3 aromatic rings. The fraction of sp³-hybridized carbons (Fsp3) is 0.357. The van der Waals surface area contributed by atoms with Gasteiger partial charge in [0.1, 0.15) is 12.1 Å². The molecule has 6 nitrogen and oxygen atoms in total. The van der Waals surface area contributed by atoms with Gasteiger partial charge in [0.15, 0.2) is 5.58 Å². The van der Waals surface area contributed by atoms with Crippen LogP contribution in [-0.4, -0.2) is 26.5 Å². The molecule has 0 bridgehead atoms. The van der Waals surface area contributed by atoms with Gasteiger partial charge in [-0.1, -0.05) is 17.3 Å². The highest BCUT2D eigenvalue weighted by atomic mass is 16.3. The Bertz CT molecular complexity index is 655. The van der Waals surface area contributed by atoms with Crippen LogP contribution in [0.5, 0.6) is 0 Å². The first-order valence-electron chi connectivity index (χ1n) is 6.78. The Kier molecular flexibility index (Phi) is 3.73. The number of nitrogens with zero attached hydrogens (tertiary/aromatic N) is 4. The van der Waals surface area contributed by atoms with E-state index in [4.69, 9.17) is 10.2 Å². The van der Waals surface area contributed by atoms with Gasteiger partial charge >= 0.3 is 0 Å². The summed E-state index contributed by atoms with van der Waals surface area (Å²) in [7, 11) is 0. The zero-order valence-electron chi connectivity index (χ0n) is 11.2. The highest BCUT2D eigenvalue weighted by Gasteiger charge is 2.07. The van der Waals surface area contributed by atoms with Crippen LogP contribution in [0, 0.1) is 0 Å². The Balaban J connectivity index is 1.68. The van der Waals surface area contributed by atoms with Gasteiger partial charge in [0.2, 0.25) is 5.89 Å². The first-order chi connectivity index (χ1) is 9.85. The zero-order valence-corrected chi connectivity index (χ0v) is 11.2. The molecule has 0 aliphatic rings. The number of aryl methyl sites for hydroxylation is 1.